The normalized spacial score (nSPS) is 14.2. The van der Waals surface area contributed by atoms with E-state index >= 15 is 0 Å². The predicted molar refractivity (Wildman–Crippen MR) is 90.7 cm³/mol. The van der Waals surface area contributed by atoms with Crippen LogP contribution in [0.15, 0.2) is 47.4 Å². The second-order valence-electron chi connectivity index (χ2n) is 5.73. The van der Waals surface area contributed by atoms with Crippen LogP contribution in [0.2, 0.25) is 0 Å². The van der Waals surface area contributed by atoms with Crippen molar-refractivity contribution in [2.24, 2.45) is 0 Å². The topological polar surface area (TPSA) is 84.5 Å². The van der Waals surface area contributed by atoms with Crippen molar-refractivity contribution in [3.63, 3.8) is 0 Å². The van der Waals surface area contributed by atoms with Crippen molar-refractivity contribution in [1.82, 2.24) is 4.72 Å². The molecule has 0 bridgehead atoms. The number of sulfonamides is 1. The number of anilines is 1. The Morgan fingerprint density at radius 3 is 2.60 bits per heavy atom. The monoisotopic (exact) mass is 364 g/mol. The zero-order valence-corrected chi connectivity index (χ0v) is 14.3. The number of methoxy groups -OCH3 is 1. The summed E-state index contributed by atoms with van der Waals surface area (Å²) in [5.41, 5.74) is 0.405. The Kier molecular flexibility index (Phi) is 4.73. The molecule has 132 valence electrons. The fourth-order valence-electron chi connectivity index (χ4n) is 2.24. The minimum Gasteiger partial charge on any atom is -0.494 e. The molecule has 3 rings (SSSR count). The van der Waals surface area contributed by atoms with Crippen molar-refractivity contribution in [2.75, 3.05) is 12.4 Å². The molecule has 0 spiro atoms. The van der Waals surface area contributed by atoms with Gasteiger partial charge in [0.1, 0.15) is 0 Å². The van der Waals surface area contributed by atoms with Crippen molar-refractivity contribution in [3.8, 4) is 5.75 Å². The molecular formula is C17H17FN2O4S. The van der Waals surface area contributed by atoms with Crippen LogP contribution in [0.4, 0.5) is 10.1 Å². The molecule has 0 aliphatic heterocycles. The number of rotatable bonds is 6. The van der Waals surface area contributed by atoms with Gasteiger partial charge in [-0.2, -0.15) is 0 Å². The summed E-state index contributed by atoms with van der Waals surface area (Å²) in [5.74, 6) is -1.16. The van der Waals surface area contributed by atoms with E-state index in [-0.39, 0.29) is 22.3 Å². The molecule has 0 atom stereocenters. The third-order valence-corrected chi connectivity index (χ3v) is 5.23. The van der Waals surface area contributed by atoms with Gasteiger partial charge in [0.15, 0.2) is 11.6 Å². The number of carbonyl (C=O) groups is 1. The van der Waals surface area contributed by atoms with Gasteiger partial charge in [-0.05, 0) is 49.2 Å². The van der Waals surface area contributed by atoms with Crippen LogP contribution in [0.5, 0.6) is 5.75 Å². The fraction of sp³-hybridized carbons (Fsp3) is 0.235. The molecule has 2 aromatic rings. The van der Waals surface area contributed by atoms with E-state index in [1.807, 2.05) is 0 Å². The maximum absolute atomic E-state index is 13.7. The van der Waals surface area contributed by atoms with Crippen molar-refractivity contribution < 1.29 is 22.3 Å². The first kappa shape index (κ1) is 17.4. The molecule has 0 saturated heterocycles. The van der Waals surface area contributed by atoms with Crippen LogP contribution < -0.4 is 14.8 Å². The van der Waals surface area contributed by atoms with Gasteiger partial charge >= 0.3 is 0 Å². The van der Waals surface area contributed by atoms with Crippen LogP contribution in [0.25, 0.3) is 0 Å². The third kappa shape index (κ3) is 4.15. The SMILES string of the molecule is COc1ccc(C(=O)Nc2cccc(S(=O)(=O)NC3CC3)c2)cc1F. The number of nitrogens with one attached hydrogen (secondary N) is 2. The smallest absolute Gasteiger partial charge is 0.255 e. The molecule has 0 radical (unpaired) electrons. The number of ether oxygens (including phenoxy) is 1. The summed E-state index contributed by atoms with van der Waals surface area (Å²) in [7, 11) is -2.28. The highest BCUT2D eigenvalue weighted by molar-refractivity contribution is 7.89. The first-order valence-corrected chi connectivity index (χ1v) is 9.14. The van der Waals surface area contributed by atoms with E-state index in [1.54, 1.807) is 6.07 Å². The summed E-state index contributed by atoms with van der Waals surface area (Å²) in [6.45, 7) is 0. The van der Waals surface area contributed by atoms with Gasteiger partial charge in [0.2, 0.25) is 10.0 Å². The molecule has 1 aliphatic carbocycles. The Bertz CT molecular complexity index is 911. The van der Waals surface area contributed by atoms with E-state index < -0.39 is 21.7 Å². The third-order valence-electron chi connectivity index (χ3n) is 3.72. The summed E-state index contributed by atoms with van der Waals surface area (Å²) in [6, 6.07) is 9.74. The van der Waals surface area contributed by atoms with Crippen LogP contribution in [0.3, 0.4) is 0 Å². The highest BCUT2D eigenvalue weighted by Gasteiger charge is 2.28. The maximum Gasteiger partial charge on any atom is 0.255 e. The zero-order valence-electron chi connectivity index (χ0n) is 13.5. The van der Waals surface area contributed by atoms with Crippen LogP contribution in [0, 0.1) is 5.82 Å². The summed E-state index contributed by atoms with van der Waals surface area (Å²) in [4.78, 5) is 12.3. The Hall–Kier alpha value is -2.45. The molecular weight excluding hydrogens is 347 g/mol. The first-order valence-electron chi connectivity index (χ1n) is 7.66. The predicted octanol–water partition coefficient (Wildman–Crippen LogP) is 2.53. The molecule has 25 heavy (non-hydrogen) atoms. The number of hydrogen-bond donors (Lipinski definition) is 2. The van der Waals surface area contributed by atoms with Gasteiger partial charge in [-0.25, -0.2) is 17.5 Å². The van der Waals surface area contributed by atoms with E-state index in [9.17, 15) is 17.6 Å². The highest BCUT2D eigenvalue weighted by atomic mass is 32.2. The summed E-state index contributed by atoms with van der Waals surface area (Å²) in [5, 5.41) is 2.57. The molecule has 1 saturated carbocycles. The lowest BCUT2D eigenvalue weighted by Crippen LogP contribution is -2.25. The molecule has 6 nitrogen and oxygen atoms in total. The fourth-order valence-corrected chi connectivity index (χ4v) is 3.59. The summed E-state index contributed by atoms with van der Waals surface area (Å²) < 4.78 is 45.5. The number of carbonyl (C=O) groups excluding carboxylic acids is 1. The molecule has 0 unspecified atom stereocenters. The van der Waals surface area contributed by atoms with E-state index in [0.29, 0.717) is 5.69 Å². The molecule has 0 aromatic heterocycles. The van der Waals surface area contributed by atoms with Crippen LogP contribution in [0.1, 0.15) is 23.2 Å². The lowest BCUT2D eigenvalue weighted by molar-refractivity contribution is 0.102. The van der Waals surface area contributed by atoms with Crippen LogP contribution >= 0.6 is 0 Å². The lowest BCUT2D eigenvalue weighted by Gasteiger charge is -2.09. The molecule has 0 heterocycles. The quantitative estimate of drug-likeness (QED) is 0.825. The molecule has 8 heteroatoms. The lowest BCUT2D eigenvalue weighted by atomic mass is 10.2. The summed E-state index contributed by atoms with van der Waals surface area (Å²) >= 11 is 0. The van der Waals surface area contributed by atoms with Crippen molar-refractivity contribution in [3.05, 3.63) is 53.8 Å². The second kappa shape index (κ2) is 6.81. The zero-order chi connectivity index (χ0) is 18.0. The van der Waals surface area contributed by atoms with Gasteiger partial charge in [0.05, 0.1) is 12.0 Å². The maximum atomic E-state index is 13.7. The average Bonchev–Trinajstić information content (AvgIpc) is 3.38. The molecule has 2 N–H and O–H groups in total. The van der Waals surface area contributed by atoms with E-state index in [0.717, 1.165) is 18.9 Å². The molecule has 1 fully saturated rings. The summed E-state index contributed by atoms with van der Waals surface area (Å²) in [6.07, 6.45) is 1.66. The molecule has 2 aromatic carbocycles. The number of amides is 1. The number of benzene rings is 2. The van der Waals surface area contributed by atoms with Gasteiger partial charge in [-0.15, -0.1) is 0 Å². The molecule has 1 aliphatic rings. The van der Waals surface area contributed by atoms with Gasteiger partial charge in [0, 0.05) is 17.3 Å². The largest absolute Gasteiger partial charge is 0.494 e. The van der Waals surface area contributed by atoms with Crippen LogP contribution in [-0.2, 0) is 10.0 Å². The van der Waals surface area contributed by atoms with E-state index in [1.165, 1.54) is 37.4 Å². The van der Waals surface area contributed by atoms with Gasteiger partial charge < -0.3 is 10.1 Å². The standard InChI is InChI=1S/C17H17FN2O4S/c1-24-16-8-5-11(9-15(16)18)17(21)19-13-3-2-4-14(10-13)25(22,23)20-12-6-7-12/h2-5,8-10,12,20H,6-7H2,1H3,(H,19,21). The van der Waals surface area contributed by atoms with Gasteiger partial charge in [-0.1, -0.05) is 6.07 Å². The minimum absolute atomic E-state index is 0.00878. The number of hydrogen-bond acceptors (Lipinski definition) is 4. The van der Waals surface area contributed by atoms with Crippen LogP contribution in [-0.4, -0.2) is 27.5 Å². The van der Waals surface area contributed by atoms with Gasteiger partial charge in [-0.3, -0.25) is 4.79 Å². The van der Waals surface area contributed by atoms with Gasteiger partial charge in [0.25, 0.3) is 5.91 Å². The Morgan fingerprint density at radius 1 is 1.20 bits per heavy atom. The highest BCUT2D eigenvalue weighted by Crippen LogP contribution is 2.24. The van der Waals surface area contributed by atoms with Crippen molar-refractivity contribution in [2.45, 2.75) is 23.8 Å². The molecule has 1 amide bonds. The second-order valence-corrected chi connectivity index (χ2v) is 7.44. The Balaban J connectivity index is 1.77. The van der Waals surface area contributed by atoms with E-state index in [2.05, 4.69) is 10.0 Å². The minimum atomic E-state index is -3.61. The van der Waals surface area contributed by atoms with Crippen molar-refractivity contribution in [1.29, 1.82) is 0 Å². The van der Waals surface area contributed by atoms with E-state index in [4.69, 9.17) is 4.74 Å². The number of halogens is 1. The first-order chi connectivity index (χ1) is 11.9. The Labute approximate surface area is 145 Å². The Morgan fingerprint density at radius 2 is 1.96 bits per heavy atom. The average molecular weight is 364 g/mol. The van der Waals surface area contributed by atoms with Crippen molar-refractivity contribution >= 4 is 21.6 Å².